The van der Waals surface area contributed by atoms with E-state index in [1.165, 1.54) is 0 Å². The van der Waals surface area contributed by atoms with Crippen LogP contribution < -0.4 is 10.1 Å². The van der Waals surface area contributed by atoms with Crippen LogP contribution in [0.2, 0.25) is 5.02 Å². The van der Waals surface area contributed by atoms with E-state index in [0.717, 1.165) is 21.9 Å². The lowest BCUT2D eigenvalue weighted by molar-refractivity contribution is -0.118. The molecule has 0 fully saturated rings. The van der Waals surface area contributed by atoms with Gasteiger partial charge < -0.3 is 14.5 Å². The molecular formula is C26H19ClN2O3. The number of aryl methyl sites for hydroxylation is 1. The van der Waals surface area contributed by atoms with Crippen LogP contribution in [0.15, 0.2) is 83.3 Å². The number of benzene rings is 4. The monoisotopic (exact) mass is 442 g/mol. The number of nitrogens with zero attached hydrogens (tertiary/aromatic N) is 1. The van der Waals surface area contributed by atoms with Gasteiger partial charge in [-0.1, -0.05) is 41.9 Å². The minimum absolute atomic E-state index is 0.111. The Bertz CT molecular complexity index is 1460. The van der Waals surface area contributed by atoms with Crippen molar-refractivity contribution in [1.82, 2.24) is 4.98 Å². The number of aromatic nitrogens is 1. The van der Waals surface area contributed by atoms with Crippen LogP contribution in [-0.4, -0.2) is 17.5 Å². The molecule has 1 heterocycles. The van der Waals surface area contributed by atoms with E-state index in [0.29, 0.717) is 33.4 Å². The first-order valence-corrected chi connectivity index (χ1v) is 10.5. The van der Waals surface area contributed by atoms with Crippen LogP contribution in [0.25, 0.3) is 33.3 Å². The van der Waals surface area contributed by atoms with Crippen molar-refractivity contribution in [1.29, 1.82) is 0 Å². The van der Waals surface area contributed by atoms with Crippen LogP contribution in [0.1, 0.15) is 5.56 Å². The fourth-order valence-corrected chi connectivity index (χ4v) is 3.62. The molecule has 5 aromatic rings. The molecule has 0 saturated heterocycles. The van der Waals surface area contributed by atoms with Crippen molar-refractivity contribution in [2.24, 2.45) is 0 Å². The smallest absolute Gasteiger partial charge is 0.262 e. The minimum Gasteiger partial charge on any atom is -0.484 e. The Morgan fingerprint density at radius 3 is 2.69 bits per heavy atom. The first kappa shape index (κ1) is 20.1. The number of amides is 1. The Morgan fingerprint density at radius 2 is 1.84 bits per heavy atom. The maximum absolute atomic E-state index is 12.3. The molecule has 0 aliphatic carbocycles. The first-order chi connectivity index (χ1) is 15.5. The molecule has 0 aliphatic rings. The second kappa shape index (κ2) is 8.36. The summed E-state index contributed by atoms with van der Waals surface area (Å²) in [6, 6.07) is 24.9. The van der Waals surface area contributed by atoms with Gasteiger partial charge in [-0.15, -0.1) is 0 Å². The van der Waals surface area contributed by atoms with E-state index in [2.05, 4.69) is 28.5 Å². The molecule has 0 radical (unpaired) electrons. The number of fused-ring (bicyclic) bond motifs is 2. The topological polar surface area (TPSA) is 64.4 Å². The summed E-state index contributed by atoms with van der Waals surface area (Å²) in [5.41, 5.74) is 3.73. The highest BCUT2D eigenvalue weighted by molar-refractivity contribution is 6.31. The van der Waals surface area contributed by atoms with Gasteiger partial charge in [0.1, 0.15) is 11.3 Å². The fraction of sp³-hybridized carbons (Fsp3) is 0.0769. The predicted octanol–water partition coefficient (Wildman–Crippen LogP) is 6.63. The third-order valence-corrected chi connectivity index (χ3v) is 5.59. The van der Waals surface area contributed by atoms with Crippen LogP contribution in [0.5, 0.6) is 5.75 Å². The summed E-state index contributed by atoms with van der Waals surface area (Å²) >= 11 is 6.02. The Morgan fingerprint density at radius 1 is 1.00 bits per heavy atom. The van der Waals surface area contributed by atoms with Crippen LogP contribution in [0.3, 0.4) is 0 Å². The van der Waals surface area contributed by atoms with E-state index < -0.39 is 0 Å². The number of ether oxygens (including phenoxy) is 1. The van der Waals surface area contributed by atoms with Crippen molar-refractivity contribution in [3.63, 3.8) is 0 Å². The van der Waals surface area contributed by atoms with Crippen LogP contribution in [-0.2, 0) is 4.79 Å². The Labute approximate surface area is 189 Å². The average molecular weight is 443 g/mol. The number of oxazole rings is 1. The highest BCUT2D eigenvalue weighted by Gasteiger charge is 2.11. The fourth-order valence-electron chi connectivity index (χ4n) is 3.50. The summed E-state index contributed by atoms with van der Waals surface area (Å²) in [4.78, 5) is 16.9. The standard InChI is InChI=1S/C26H19ClN2O3/c1-16-12-21(9-10-22(16)27)31-15-25(30)28-20-8-11-24-23(14-20)29-26(32-24)19-7-6-17-4-2-3-5-18(17)13-19/h2-14H,15H2,1H3,(H,28,30). The van der Waals surface area contributed by atoms with Gasteiger partial charge in [0.15, 0.2) is 12.2 Å². The minimum atomic E-state index is -0.268. The van der Waals surface area contributed by atoms with Crippen molar-refractivity contribution in [2.75, 3.05) is 11.9 Å². The average Bonchev–Trinajstić information content (AvgIpc) is 3.23. The first-order valence-electron chi connectivity index (χ1n) is 10.1. The number of nitrogens with one attached hydrogen (secondary N) is 1. The summed E-state index contributed by atoms with van der Waals surface area (Å²) < 4.78 is 11.5. The van der Waals surface area contributed by atoms with Crippen LogP contribution in [0, 0.1) is 6.92 Å². The van der Waals surface area contributed by atoms with Gasteiger partial charge in [0, 0.05) is 16.3 Å². The van der Waals surface area contributed by atoms with Crippen molar-refractivity contribution in [3.05, 3.63) is 89.4 Å². The number of halogens is 1. The van der Waals surface area contributed by atoms with E-state index in [9.17, 15) is 4.79 Å². The molecule has 1 aromatic heterocycles. The highest BCUT2D eigenvalue weighted by atomic mass is 35.5. The van der Waals surface area contributed by atoms with Gasteiger partial charge in [-0.05, 0) is 71.8 Å². The van der Waals surface area contributed by atoms with Gasteiger partial charge >= 0.3 is 0 Å². The van der Waals surface area contributed by atoms with Crippen LogP contribution in [0.4, 0.5) is 5.69 Å². The lowest BCUT2D eigenvalue weighted by Crippen LogP contribution is -2.20. The normalized spacial score (nSPS) is 11.1. The van der Waals surface area contributed by atoms with E-state index in [1.54, 1.807) is 36.4 Å². The van der Waals surface area contributed by atoms with Gasteiger partial charge in [0.2, 0.25) is 5.89 Å². The van der Waals surface area contributed by atoms with E-state index in [-0.39, 0.29) is 12.5 Å². The van der Waals surface area contributed by atoms with Gasteiger partial charge in [0.05, 0.1) is 0 Å². The van der Waals surface area contributed by atoms with Gasteiger partial charge in [-0.3, -0.25) is 4.79 Å². The number of anilines is 1. The molecule has 0 bridgehead atoms. The summed E-state index contributed by atoms with van der Waals surface area (Å²) in [5, 5.41) is 5.77. The highest BCUT2D eigenvalue weighted by Crippen LogP contribution is 2.28. The zero-order valence-electron chi connectivity index (χ0n) is 17.3. The molecule has 1 amide bonds. The maximum atomic E-state index is 12.3. The predicted molar refractivity (Wildman–Crippen MR) is 127 cm³/mol. The van der Waals surface area contributed by atoms with E-state index in [1.807, 2.05) is 31.2 Å². The molecule has 5 nitrogen and oxygen atoms in total. The molecular weight excluding hydrogens is 424 g/mol. The summed E-state index contributed by atoms with van der Waals surface area (Å²) in [6.45, 7) is 1.77. The number of hydrogen-bond acceptors (Lipinski definition) is 4. The molecule has 6 heteroatoms. The molecule has 0 atom stereocenters. The Hall–Kier alpha value is -3.83. The largest absolute Gasteiger partial charge is 0.484 e. The quantitative estimate of drug-likeness (QED) is 0.332. The molecule has 4 aromatic carbocycles. The molecule has 32 heavy (non-hydrogen) atoms. The maximum Gasteiger partial charge on any atom is 0.262 e. The SMILES string of the molecule is Cc1cc(OCC(=O)Nc2ccc3oc(-c4ccc5ccccc5c4)nc3c2)ccc1Cl. The zero-order valence-corrected chi connectivity index (χ0v) is 18.0. The molecule has 0 spiro atoms. The second-order valence-corrected chi connectivity index (χ2v) is 7.92. The zero-order chi connectivity index (χ0) is 22.1. The van der Waals surface area contributed by atoms with Gasteiger partial charge in [-0.25, -0.2) is 4.98 Å². The van der Waals surface area contributed by atoms with Gasteiger partial charge in [-0.2, -0.15) is 0 Å². The Kier molecular flexibility index (Phi) is 5.25. The molecule has 0 saturated carbocycles. The lowest BCUT2D eigenvalue weighted by atomic mass is 10.1. The molecule has 0 unspecified atom stereocenters. The number of carbonyl (C=O) groups excluding carboxylic acids is 1. The second-order valence-electron chi connectivity index (χ2n) is 7.51. The number of hydrogen-bond donors (Lipinski definition) is 1. The third-order valence-electron chi connectivity index (χ3n) is 5.17. The van der Waals surface area contributed by atoms with Crippen molar-refractivity contribution in [2.45, 2.75) is 6.92 Å². The van der Waals surface area contributed by atoms with Crippen molar-refractivity contribution < 1.29 is 13.9 Å². The van der Waals surface area contributed by atoms with E-state index in [4.69, 9.17) is 20.8 Å². The molecule has 1 N–H and O–H groups in total. The third kappa shape index (κ3) is 4.15. The van der Waals surface area contributed by atoms with Gasteiger partial charge in [0.25, 0.3) is 5.91 Å². The van der Waals surface area contributed by atoms with Crippen molar-refractivity contribution in [3.8, 4) is 17.2 Å². The molecule has 158 valence electrons. The molecule has 5 rings (SSSR count). The Balaban J connectivity index is 1.31. The summed E-state index contributed by atoms with van der Waals surface area (Å²) in [5.74, 6) is 0.861. The number of rotatable bonds is 5. The summed E-state index contributed by atoms with van der Waals surface area (Å²) in [6.07, 6.45) is 0. The number of carbonyl (C=O) groups is 1. The summed E-state index contributed by atoms with van der Waals surface area (Å²) in [7, 11) is 0. The lowest BCUT2D eigenvalue weighted by Gasteiger charge is -2.08. The van der Waals surface area contributed by atoms with Crippen LogP contribution >= 0.6 is 11.6 Å². The van der Waals surface area contributed by atoms with E-state index >= 15 is 0 Å². The molecule has 0 aliphatic heterocycles. The van der Waals surface area contributed by atoms with Crippen molar-refractivity contribution >= 4 is 45.1 Å².